The van der Waals surface area contributed by atoms with Crippen LogP contribution in [0.2, 0.25) is 0 Å². The second-order valence-corrected chi connectivity index (χ2v) is 13.4. The molecule has 2 unspecified atom stereocenters. The maximum Gasteiger partial charge on any atom is 0.220 e. The topological polar surface area (TPSA) is 166 Å². The van der Waals surface area contributed by atoms with E-state index in [9.17, 15) is 29.4 Å². The van der Waals surface area contributed by atoms with Crippen molar-refractivity contribution in [1.82, 2.24) is 10.6 Å². The van der Waals surface area contributed by atoms with Crippen LogP contribution in [0, 0.1) is 0 Å². The Morgan fingerprint density at radius 2 is 0.878 bits per heavy atom. The molecule has 0 rings (SSSR count). The highest BCUT2D eigenvalue weighted by molar-refractivity contribution is 8.76. The van der Waals surface area contributed by atoms with Crippen LogP contribution in [0.3, 0.4) is 0 Å². The molecule has 0 spiro atoms. The number of nitrogens with one attached hydrogen (secondary N) is 2. The lowest BCUT2D eigenvalue weighted by atomic mass is 10.0. The predicted molar refractivity (Wildman–Crippen MR) is 165 cm³/mol. The normalized spacial score (nSPS) is 12.5. The van der Waals surface area contributed by atoms with Crippen LogP contribution in [-0.4, -0.2) is 53.9 Å². The third kappa shape index (κ3) is 25.9. The summed E-state index contributed by atoms with van der Waals surface area (Å²) in [5, 5.41) is 27.6. The molecule has 0 aromatic carbocycles. The molecule has 0 aromatic rings. The van der Waals surface area contributed by atoms with E-state index in [2.05, 4.69) is 16.4 Å². The molecule has 0 heterocycles. The summed E-state index contributed by atoms with van der Waals surface area (Å²) in [6, 6.07) is -2.32. The molecular formula is C30H56N3O6S2-. The second-order valence-electron chi connectivity index (χ2n) is 10.8. The third-order valence-corrected chi connectivity index (χ3v) is 9.38. The maximum absolute atomic E-state index is 12.2. The minimum atomic E-state index is -1.39. The van der Waals surface area contributed by atoms with Crippen LogP contribution < -0.4 is 26.6 Å². The van der Waals surface area contributed by atoms with E-state index in [1.165, 1.54) is 77.0 Å². The van der Waals surface area contributed by atoms with Crippen molar-refractivity contribution in [3.63, 3.8) is 0 Å². The lowest BCUT2D eigenvalue weighted by Gasteiger charge is -2.21. The van der Waals surface area contributed by atoms with Crippen LogP contribution >= 0.6 is 21.6 Å². The van der Waals surface area contributed by atoms with Crippen LogP contribution in [-0.2, 0) is 19.2 Å². The lowest BCUT2D eigenvalue weighted by Crippen LogP contribution is -2.50. The highest BCUT2D eigenvalue weighted by Crippen LogP contribution is 2.23. The standard InChI is InChI=1S/C30H57N3O6S2/c1-2-3-20-27(34)32-25(29(36)37)23-40-41-24-26(30(38)39)33-28(35)21-18-16-14-12-10-8-6-4-5-7-9-11-13-15-17-19-22-31/h25-26H,2-24,31H2,1H3,(H,32,34)(H,33,35)(H,36,37)(H,38,39)/p-1. The molecule has 240 valence electrons. The van der Waals surface area contributed by atoms with E-state index in [1.54, 1.807) is 0 Å². The van der Waals surface area contributed by atoms with E-state index < -0.39 is 24.0 Å². The van der Waals surface area contributed by atoms with E-state index in [1.807, 2.05) is 6.92 Å². The van der Waals surface area contributed by atoms with Gasteiger partial charge in [0, 0.05) is 24.3 Å². The first-order valence-corrected chi connectivity index (χ1v) is 18.3. The highest BCUT2D eigenvalue weighted by atomic mass is 33.1. The van der Waals surface area contributed by atoms with E-state index in [-0.39, 0.29) is 36.2 Å². The van der Waals surface area contributed by atoms with Gasteiger partial charge in [0.25, 0.3) is 0 Å². The maximum atomic E-state index is 12.2. The molecule has 9 nitrogen and oxygen atoms in total. The van der Waals surface area contributed by atoms with E-state index in [0.717, 1.165) is 53.8 Å². The molecule has 2 atom stereocenters. The molecule has 5 N–H and O–H groups in total. The first-order valence-electron chi connectivity index (χ1n) is 15.9. The fourth-order valence-electron chi connectivity index (χ4n) is 4.38. The summed E-state index contributed by atoms with van der Waals surface area (Å²) in [4.78, 5) is 46.7. The molecule has 0 fully saturated rings. The Bertz CT molecular complexity index is 699. The van der Waals surface area contributed by atoms with E-state index >= 15 is 0 Å². The Kier molecular flexibility index (Phi) is 27.6. The van der Waals surface area contributed by atoms with Gasteiger partial charge in [0.1, 0.15) is 0 Å². The zero-order valence-electron chi connectivity index (χ0n) is 25.4. The number of carbonyl (C=O) groups excluding carboxylic acids is 4. The fourth-order valence-corrected chi connectivity index (χ4v) is 6.67. The van der Waals surface area contributed by atoms with Crippen LogP contribution in [0.5, 0.6) is 0 Å². The number of aliphatic carboxylic acids is 2. The summed E-state index contributed by atoms with van der Waals surface area (Å²) in [5.74, 6) is -3.39. The number of rotatable bonds is 30. The largest absolute Gasteiger partial charge is 0.548 e. The van der Waals surface area contributed by atoms with E-state index in [4.69, 9.17) is 0 Å². The van der Waals surface area contributed by atoms with Crippen molar-refractivity contribution < 1.29 is 35.1 Å². The number of carbonyl (C=O) groups is 4. The van der Waals surface area contributed by atoms with Crippen molar-refractivity contribution >= 4 is 45.3 Å². The van der Waals surface area contributed by atoms with Gasteiger partial charge < -0.3 is 36.2 Å². The first kappa shape index (κ1) is 39.5. The molecule has 0 aliphatic rings. The Hall–Kier alpha value is -1.46. The number of amides is 2. The Balaban J connectivity index is 3.81. The third-order valence-electron chi connectivity index (χ3n) is 6.95. The van der Waals surface area contributed by atoms with Crippen molar-refractivity contribution in [1.29, 1.82) is 0 Å². The van der Waals surface area contributed by atoms with Crippen molar-refractivity contribution in [3.8, 4) is 0 Å². The minimum Gasteiger partial charge on any atom is -0.548 e. The molecule has 0 radical (unpaired) electrons. The summed E-state index contributed by atoms with van der Waals surface area (Å²) in [6.45, 7) is 3.00. The summed E-state index contributed by atoms with van der Waals surface area (Å²) < 4.78 is 0. The summed E-state index contributed by atoms with van der Waals surface area (Å²) >= 11 is 0. The van der Waals surface area contributed by atoms with Gasteiger partial charge >= 0.3 is 0 Å². The van der Waals surface area contributed by atoms with Crippen molar-refractivity contribution in [3.05, 3.63) is 0 Å². The van der Waals surface area contributed by atoms with Crippen LogP contribution in [0.25, 0.3) is 0 Å². The predicted octanol–water partition coefficient (Wildman–Crippen LogP) is 2.90. The van der Waals surface area contributed by atoms with Gasteiger partial charge in [0.15, 0.2) is 0 Å². The van der Waals surface area contributed by atoms with Crippen LogP contribution in [0.1, 0.15) is 135 Å². The van der Waals surface area contributed by atoms with Crippen molar-refractivity contribution in [2.24, 2.45) is 0 Å². The average Bonchev–Trinajstić information content (AvgIpc) is 2.94. The van der Waals surface area contributed by atoms with Gasteiger partial charge in [-0.25, -0.2) is 0 Å². The minimum absolute atomic E-state index is 0.0241. The van der Waals surface area contributed by atoms with Crippen molar-refractivity contribution in [2.75, 3.05) is 18.1 Å². The van der Waals surface area contributed by atoms with Gasteiger partial charge in [-0.3, -0.25) is 9.59 Å². The number of hydrogen-bond donors (Lipinski definition) is 3. The smallest absolute Gasteiger partial charge is 0.220 e. The molecule has 0 aliphatic carbocycles. The van der Waals surface area contributed by atoms with Gasteiger partial charge in [0.05, 0.1) is 30.6 Å². The van der Waals surface area contributed by atoms with Crippen LogP contribution in [0.4, 0.5) is 0 Å². The Morgan fingerprint density at radius 3 is 1.20 bits per heavy atom. The average molecular weight is 619 g/mol. The monoisotopic (exact) mass is 618 g/mol. The summed E-state index contributed by atoms with van der Waals surface area (Å²) in [7, 11) is 2.22. The van der Waals surface area contributed by atoms with Crippen molar-refractivity contribution in [2.45, 2.75) is 147 Å². The van der Waals surface area contributed by atoms with Gasteiger partial charge in [0.2, 0.25) is 11.8 Å². The highest BCUT2D eigenvalue weighted by Gasteiger charge is 2.16. The molecule has 0 saturated carbocycles. The Labute approximate surface area is 256 Å². The summed E-state index contributed by atoms with van der Waals surface area (Å²) in [5.41, 5.74) is 3.88. The fraction of sp³-hybridized carbons (Fsp3) is 0.867. The molecular weight excluding hydrogens is 562 g/mol. The summed E-state index contributed by atoms with van der Waals surface area (Å²) in [6.07, 6.45) is 21.8. The number of quaternary nitrogens is 1. The lowest BCUT2D eigenvalue weighted by molar-refractivity contribution is -0.368. The van der Waals surface area contributed by atoms with Gasteiger partial charge in [-0.05, 0) is 25.7 Å². The number of hydrogen-bond acceptors (Lipinski definition) is 8. The molecule has 0 bridgehead atoms. The first-order chi connectivity index (χ1) is 19.8. The zero-order valence-corrected chi connectivity index (χ0v) is 27.0. The second kappa shape index (κ2) is 28.6. The molecule has 0 saturated heterocycles. The SMILES string of the molecule is CCCCC(=O)NC(CSSCC(NC(=O)CCCCCCCCCCCCCCCCCC[NH3+])C(=O)[O-])C(=O)[O-]. The molecule has 0 aliphatic heterocycles. The molecule has 11 heteroatoms. The zero-order chi connectivity index (χ0) is 30.6. The quantitative estimate of drug-likeness (QED) is 0.0816. The number of carboxylic acids is 2. The molecule has 0 aromatic heterocycles. The number of carboxylic acid groups (broad SMARTS) is 2. The molecule has 2 amide bonds. The number of unbranched alkanes of at least 4 members (excludes halogenated alkanes) is 16. The van der Waals surface area contributed by atoms with Gasteiger partial charge in [-0.15, -0.1) is 0 Å². The Morgan fingerprint density at radius 1 is 0.561 bits per heavy atom. The van der Waals surface area contributed by atoms with E-state index in [0.29, 0.717) is 12.8 Å². The van der Waals surface area contributed by atoms with Crippen LogP contribution in [0.15, 0.2) is 0 Å². The van der Waals surface area contributed by atoms with Gasteiger partial charge in [-0.2, -0.15) is 0 Å². The molecule has 41 heavy (non-hydrogen) atoms. The van der Waals surface area contributed by atoms with Gasteiger partial charge in [-0.1, -0.05) is 118 Å².